The normalized spacial score (nSPS) is 12.5. The molecular formula is C30H32N6O5. The fourth-order valence-corrected chi connectivity index (χ4v) is 4.33. The number of rotatable bonds is 12. The van der Waals surface area contributed by atoms with Crippen LogP contribution in [0.15, 0.2) is 77.7 Å². The molecule has 11 nitrogen and oxygen atoms in total. The zero-order valence-corrected chi connectivity index (χ0v) is 22.8. The molecule has 2 aromatic heterocycles. The van der Waals surface area contributed by atoms with Gasteiger partial charge in [-0.05, 0) is 36.1 Å². The number of pyridine rings is 1. The Balaban J connectivity index is 1.52. The van der Waals surface area contributed by atoms with Crippen molar-refractivity contribution in [2.75, 3.05) is 0 Å². The van der Waals surface area contributed by atoms with Crippen LogP contribution in [0.1, 0.15) is 42.0 Å². The number of para-hydroxylation sites is 2. The van der Waals surface area contributed by atoms with Crippen LogP contribution in [0, 0.1) is 5.92 Å². The van der Waals surface area contributed by atoms with Crippen molar-refractivity contribution in [3.05, 3.63) is 100 Å². The van der Waals surface area contributed by atoms with Gasteiger partial charge in [0.15, 0.2) is 5.82 Å². The second kappa shape index (κ2) is 13.3. The average Bonchev–Trinajstić information content (AvgIpc) is 3.41. The van der Waals surface area contributed by atoms with Crippen molar-refractivity contribution in [2.24, 2.45) is 5.92 Å². The van der Waals surface area contributed by atoms with Crippen LogP contribution in [0.25, 0.3) is 11.0 Å². The van der Waals surface area contributed by atoms with E-state index < -0.39 is 41.1 Å². The van der Waals surface area contributed by atoms with Crippen molar-refractivity contribution in [1.82, 2.24) is 30.9 Å². The lowest BCUT2D eigenvalue weighted by atomic mass is 9.99. The molecule has 4 rings (SSSR count). The fraction of sp³-hybridized carbons (Fsp3) is 0.267. The van der Waals surface area contributed by atoms with Gasteiger partial charge in [-0.2, -0.15) is 0 Å². The Labute approximate surface area is 236 Å². The Bertz CT molecular complexity index is 1560. The maximum absolute atomic E-state index is 13.5. The third-order valence-corrected chi connectivity index (χ3v) is 6.41. The van der Waals surface area contributed by atoms with Gasteiger partial charge in [-0.1, -0.05) is 62.4 Å². The number of imidazole rings is 1. The van der Waals surface area contributed by atoms with E-state index in [1.54, 1.807) is 36.4 Å². The molecule has 0 fully saturated rings. The third-order valence-electron chi connectivity index (χ3n) is 6.41. The Morgan fingerprint density at radius 2 is 1.61 bits per heavy atom. The van der Waals surface area contributed by atoms with Gasteiger partial charge < -0.3 is 25.9 Å². The van der Waals surface area contributed by atoms with Crippen LogP contribution in [0.4, 0.5) is 0 Å². The van der Waals surface area contributed by atoms with Crippen molar-refractivity contribution in [3.63, 3.8) is 0 Å². The standard InChI is InChI=1S/C30H32N6O5/c1-18(2)15-24(36-30(41)26-33-21-12-6-7-13-22(21)34-26)28(39)35-23(16-20-11-8-14-31-27(20)38)25(37)29(40)32-17-19-9-4-3-5-10-19/h3-14,18,23-24H,15-17H2,1-2H3,(H,31,38)(H,32,40)(H,33,34)(H,35,39)(H,36,41)/t23-,24-/m0/s1. The second-order valence-corrected chi connectivity index (χ2v) is 10.1. The summed E-state index contributed by atoms with van der Waals surface area (Å²) in [6, 6.07) is 16.9. The number of hydrogen-bond donors (Lipinski definition) is 5. The number of fused-ring (bicyclic) bond motifs is 1. The second-order valence-electron chi connectivity index (χ2n) is 10.1. The van der Waals surface area contributed by atoms with E-state index in [9.17, 15) is 24.0 Å². The molecule has 0 aliphatic carbocycles. The predicted octanol–water partition coefficient (Wildman–Crippen LogP) is 2.01. The molecule has 41 heavy (non-hydrogen) atoms. The number of H-pyrrole nitrogens is 2. The summed E-state index contributed by atoms with van der Waals surface area (Å²) in [4.78, 5) is 74.7. The van der Waals surface area contributed by atoms with Crippen molar-refractivity contribution < 1.29 is 19.2 Å². The SMILES string of the molecule is CC(C)C[C@H](NC(=O)c1nc2ccccc2[nH]1)C(=O)N[C@@H](Cc1ccc[nH]c1=O)C(=O)C(=O)NCc1ccccc1. The number of amides is 3. The molecule has 4 aromatic rings. The van der Waals surface area contributed by atoms with E-state index in [4.69, 9.17) is 0 Å². The number of benzene rings is 2. The van der Waals surface area contributed by atoms with E-state index in [0.29, 0.717) is 11.0 Å². The first-order valence-corrected chi connectivity index (χ1v) is 13.3. The predicted molar refractivity (Wildman–Crippen MR) is 153 cm³/mol. The zero-order chi connectivity index (χ0) is 29.4. The Morgan fingerprint density at radius 3 is 2.32 bits per heavy atom. The molecule has 0 aliphatic rings. The molecular weight excluding hydrogens is 524 g/mol. The highest BCUT2D eigenvalue weighted by molar-refractivity contribution is 6.38. The molecule has 0 unspecified atom stereocenters. The number of nitrogens with one attached hydrogen (secondary N) is 5. The van der Waals surface area contributed by atoms with Crippen molar-refractivity contribution >= 4 is 34.5 Å². The van der Waals surface area contributed by atoms with E-state index in [0.717, 1.165) is 5.56 Å². The highest BCUT2D eigenvalue weighted by Crippen LogP contribution is 2.12. The molecule has 0 saturated carbocycles. The van der Waals surface area contributed by atoms with Crippen LogP contribution in [0.3, 0.4) is 0 Å². The van der Waals surface area contributed by atoms with Crippen LogP contribution >= 0.6 is 0 Å². The number of nitrogens with zero attached hydrogens (tertiary/aromatic N) is 1. The molecule has 0 saturated heterocycles. The van der Waals surface area contributed by atoms with Gasteiger partial charge in [0.25, 0.3) is 17.4 Å². The highest BCUT2D eigenvalue weighted by Gasteiger charge is 2.31. The summed E-state index contributed by atoms with van der Waals surface area (Å²) in [6.07, 6.45) is 1.48. The maximum Gasteiger partial charge on any atom is 0.289 e. The van der Waals surface area contributed by atoms with Crippen LogP contribution in [0.5, 0.6) is 0 Å². The van der Waals surface area contributed by atoms with Gasteiger partial charge in [-0.15, -0.1) is 0 Å². The lowest BCUT2D eigenvalue weighted by molar-refractivity contribution is -0.140. The molecule has 0 bridgehead atoms. The summed E-state index contributed by atoms with van der Waals surface area (Å²) < 4.78 is 0. The van der Waals surface area contributed by atoms with E-state index >= 15 is 0 Å². The zero-order valence-electron chi connectivity index (χ0n) is 22.8. The largest absolute Gasteiger partial charge is 0.345 e. The van der Waals surface area contributed by atoms with E-state index in [-0.39, 0.29) is 36.7 Å². The first-order valence-electron chi connectivity index (χ1n) is 13.3. The summed E-state index contributed by atoms with van der Waals surface area (Å²) in [6.45, 7) is 3.88. The van der Waals surface area contributed by atoms with E-state index in [1.807, 2.05) is 38.1 Å². The van der Waals surface area contributed by atoms with Crippen molar-refractivity contribution in [2.45, 2.75) is 45.3 Å². The molecule has 2 atom stereocenters. The smallest absolute Gasteiger partial charge is 0.289 e. The molecule has 0 spiro atoms. The molecule has 212 valence electrons. The van der Waals surface area contributed by atoms with Crippen molar-refractivity contribution in [3.8, 4) is 0 Å². The van der Waals surface area contributed by atoms with Crippen LogP contribution < -0.4 is 21.5 Å². The first kappa shape index (κ1) is 28.9. The topological polar surface area (TPSA) is 166 Å². The number of carbonyl (C=O) groups excluding carboxylic acids is 4. The summed E-state index contributed by atoms with van der Waals surface area (Å²) in [5.41, 5.74) is 1.83. The minimum atomic E-state index is -1.35. The molecule has 2 heterocycles. The number of Topliss-reactive ketones (excluding diaryl/α,β-unsaturated/α-hetero) is 1. The molecule has 5 N–H and O–H groups in total. The number of aromatic amines is 2. The van der Waals surface area contributed by atoms with Crippen LogP contribution in [-0.2, 0) is 27.3 Å². The molecule has 3 amide bonds. The Hall–Kier alpha value is -5.06. The highest BCUT2D eigenvalue weighted by atomic mass is 16.2. The van der Waals surface area contributed by atoms with Crippen molar-refractivity contribution in [1.29, 1.82) is 0 Å². The average molecular weight is 557 g/mol. The maximum atomic E-state index is 13.5. The Kier molecular flexibility index (Phi) is 9.41. The number of carbonyl (C=O) groups is 4. The van der Waals surface area contributed by atoms with Gasteiger partial charge in [0.2, 0.25) is 11.7 Å². The minimum Gasteiger partial charge on any atom is -0.345 e. The summed E-state index contributed by atoms with van der Waals surface area (Å²) in [7, 11) is 0. The number of aromatic nitrogens is 3. The van der Waals surface area contributed by atoms with Gasteiger partial charge in [0.1, 0.15) is 12.1 Å². The number of ketones is 1. The van der Waals surface area contributed by atoms with Crippen LogP contribution in [0.2, 0.25) is 0 Å². The fourth-order valence-electron chi connectivity index (χ4n) is 4.33. The summed E-state index contributed by atoms with van der Waals surface area (Å²) in [5, 5.41) is 7.88. The first-order chi connectivity index (χ1) is 19.7. The van der Waals surface area contributed by atoms with Gasteiger partial charge in [0.05, 0.1) is 11.0 Å². The Morgan fingerprint density at radius 1 is 0.878 bits per heavy atom. The van der Waals surface area contributed by atoms with Gasteiger partial charge in [-0.25, -0.2) is 4.98 Å². The monoisotopic (exact) mass is 556 g/mol. The third kappa shape index (κ3) is 7.75. The van der Waals surface area contributed by atoms with Gasteiger partial charge >= 0.3 is 0 Å². The summed E-state index contributed by atoms with van der Waals surface area (Å²) >= 11 is 0. The molecule has 11 heteroatoms. The van der Waals surface area contributed by atoms with Crippen LogP contribution in [-0.4, -0.2) is 50.5 Å². The quantitative estimate of drug-likeness (QED) is 0.167. The molecule has 2 aromatic carbocycles. The molecule has 0 aliphatic heterocycles. The lowest BCUT2D eigenvalue weighted by Crippen LogP contribution is -2.55. The van der Waals surface area contributed by atoms with Gasteiger partial charge in [-0.3, -0.25) is 24.0 Å². The minimum absolute atomic E-state index is 0.00186. The van der Waals surface area contributed by atoms with E-state index in [2.05, 4.69) is 30.9 Å². The van der Waals surface area contributed by atoms with Gasteiger partial charge in [0, 0.05) is 24.7 Å². The summed E-state index contributed by atoms with van der Waals surface area (Å²) in [5.74, 6) is -3.03. The van der Waals surface area contributed by atoms with E-state index in [1.165, 1.54) is 12.3 Å². The molecule has 0 radical (unpaired) electrons. The lowest BCUT2D eigenvalue weighted by Gasteiger charge is -2.23. The number of hydrogen-bond acceptors (Lipinski definition) is 6.